The molecule has 0 aromatic rings. The van der Waals surface area contributed by atoms with Gasteiger partial charge >= 0.3 is 0 Å². The Morgan fingerprint density at radius 3 is 2.25 bits per heavy atom. The van der Waals surface area contributed by atoms with Gasteiger partial charge in [-0.2, -0.15) is 0 Å². The van der Waals surface area contributed by atoms with Crippen LogP contribution in [0.4, 0.5) is 0 Å². The van der Waals surface area contributed by atoms with Gasteiger partial charge in [0.15, 0.2) is 0 Å². The third-order valence-corrected chi connectivity index (χ3v) is 12.2. The highest BCUT2D eigenvalue weighted by molar-refractivity contribution is 5.09. The van der Waals surface area contributed by atoms with Crippen LogP contribution in [0, 0.1) is 52.3 Å². The van der Waals surface area contributed by atoms with E-state index in [1.807, 2.05) is 0 Å². The van der Waals surface area contributed by atoms with E-state index in [0.29, 0.717) is 16.7 Å². The highest BCUT2D eigenvalue weighted by atomic mass is 16.3. The molecule has 0 saturated heterocycles. The number of rotatable bonds is 6. The molecule has 0 radical (unpaired) electrons. The molecular weight excluding hydrogens is 392 g/mol. The summed E-state index contributed by atoms with van der Waals surface area (Å²) in [7, 11) is 0. The normalized spacial score (nSPS) is 48.5. The maximum absolute atomic E-state index is 11.1. The first-order chi connectivity index (χ1) is 15.0. The monoisotopic (exact) mass is 446 g/mol. The van der Waals surface area contributed by atoms with Crippen molar-refractivity contribution < 1.29 is 10.2 Å². The Balaban J connectivity index is 1.49. The summed E-state index contributed by atoms with van der Waals surface area (Å²) < 4.78 is 0. The maximum atomic E-state index is 11.1. The van der Waals surface area contributed by atoms with Crippen LogP contribution in [0.3, 0.4) is 0 Å². The lowest BCUT2D eigenvalue weighted by Gasteiger charge is -2.65. The summed E-state index contributed by atoms with van der Waals surface area (Å²) in [4.78, 5) is 0. The van der Waals surface area contributed by atoms with E-state index in [-0.39, 0.29) is 11.7 Å². The molecule has 0 unspecified atom stereocenters. The molecule has 4 fully saturated rings. The van der Waals surface area contributed by atoms with Crippen molar-refractivity contribution in [2.75, 3.05) is 0 Å². The van der Waals surface area contributed by atoms with E-state index in [2.05, 4.69) is 41.5 Å². The average molecular weight is 447 g/mol. The van der Waals surface area contributed by atoms with Gasteiger partial charge in [0.1, 0.15) is 0 Å². The average Bonchev–Trinajstić information content (AvgIpc) is 2.76. The van der Waals surface area contributed by atoms with Crippen molar-refractivity contribution in [3.8, 4) is 0 Å². The first-order valence-electron chi connectivity index (χ1n) is 14.4. The Kier molecular flexibility index (Phi) is 7.18. The number of hydrogen-bond acceptors (Lipinski definition) is 2. The van der Waals surface area contributed by atoms with Crippen LogP contribution < -0.4 is 0 Å². The van der Waals surface area contributed by atoms with Crippen LogP contribution in [0.15, 0.2) is 0 Å². The highest BCUT2D eigenvalue weighted by Gasteiger charge is 2.60. The molecule has 186 valence electrons. The van der Waals surface area contributed by atoms with Gasteiger partial charge in [0.25, 0.3) is 0 Å². The largest absolute Gasteiger partial charge is 0.393 e. The van der Waals surface area contributed by atoms with Crippen molar-refractivity contribution in [1.29, 1.82) is 0 Å². The zero-order chi connectivity index (χ0) is 23.3. The number of hydrogen-bond donors (Lipinski definition) is 2. The molecule has 0 aromatic carbocycles. The van der Waals surface area contributed by atoms with Crippen LogP contribution in [0.1, 0.15) is 125 Å². The van der Waals surface area contributed by atoms with E-state index in [0.717, 1.165) is 61.2 Å². The lowest BCUT2D eigenvalue weighted by molar-refractivity contribution is -0.172. The Hall–Kier alpha value is -0.0800. The SMILES string of the molecule is CC[C@]1(O)CC[C@@]2(C)[C@@H](CC[C@@H]3[C@@H]2CC[C@]2(C)[C@@H]([C@H](C)CC[C@@H](O)C(C)C)CCC[C@@H]32)C1. The third-order valence-electron chi connectivity index (χ3n) is 12.2. The summed E-state index contributed by atoms with van der Waals surface area (Å²) in [5.74, 6) is 5.39. The predicted octanol–water partition coefficient (Wildman–Crippen LogP) is 7.61. The van der Waals surface area contributed by atoms with Crippen LogP contribution in [0.5, 0.6) is 0 Å². The van der Waals surface area contributed by atoms with Gasteiger partial charge in [0.2, 0.25) is 0 Å². The molecule has 2 nitrogen and oxygen atoms in total. The van der Waals surface area contributed by atoms with Crippen molar-refractivity contribution in [3.05, 3.63) is 0 Å². The Morgan fingerprint density at radius 2 is 1.56 bits per heavy atom. The zero-order valence-electron chi connectivity index (χ0n) is 22.2. The Morgan fingerprint density at radius 1 is 0.844 bits per heavy atom. The van der Waals surface area contributed by atoms with Crippen LogP contribution in [0.2, 0.25) is 0 Å². The maximum Gasteiger partial charge on any atom is 0.0648 e. The van der Waals surface area contributed by atoms with Gasteiger partial charge in [-0.15, -0.1) is 0 Å². The molecule has 0 amide bonds. The summed E-state index contributed by atoms with van der Waals surface area (Å²) in [5, 5.41) is 21.5. The third kappa shape index (κ3) is 4.23. The van der Waals surface area contributed by atoms with Crippen molar-refractivity contribution in [3.63, 3.8) is 0 Å². The molecule has 4 saturated carbocycles. The Bertz CT molecular complexity index is 645. The summed E-state index contributed by atoms with van der Waals surface area (Å²) in [6.45, 7) is 14.3. The van der Waals surface area contributed by atoms with Gasteiger partial charge in [-0.25, -0.2) is 0 Å². The minimum atomic E-state index is -0.383. The molecule has 4 aliphatic carbocycles. The minimum Gasteiger partial charge on any atom is -0.393 e. The summed E-state index contributed by atoms with van der Waals surface area (Å²) >= 11 is 0. The molecular formula is C30H54O2. The lowest BCUT2D eigenvalue weighted by atomic mass is 9.40. The molecule has 32 heavy (non-hydrogen) atoms. The molecule has 2 heteroatoms. The van der Waals surface area contributed by atoms with Gasteiger partial charge in [-0.3, -0.25) is 0 Å². The van der Waals surface area contributed by atoms with Crippen molar-refractivity contribution in [2.24, 2.45) is 52.3 Å². The number of aliphatic hydroxyl groups excluding tert-OH is 1. The molecule has 0 spiro atoms. The van der Waals surface area contributed by atoms with E-state index in [1.54, 1.807) is 0 Å². The summed E-state index contributed by atoms with van der Waals surface area (Å²) in [6, 6.07) is 0. The first-order valence-corrected chi connectivity index (χ1v) is 14.4. The quantitative estimate of drug-likeness (QED) is 0.441. The fraction of sp³-hybridized carbons (Fsp3) is 1.00. The first kappa shape index (κ1) is 25.0. The molecule has 4 rings (SSSR count). The second kappa shape index (κ2) is 9.18. The van der Waals surface area contributed by atoms with Crippen LogP contribution in [0.25, 0.3) is 0 Å². The fourth-order valence-electron chi connectivity index (χ4n) is 9.79. The molecule has 2 N–H and O–H groups in total. The molecule has 4 aliphatic rings. The van der Waals surface area contributed by atoms with Gasteiger partial charge in [-0.1, -0.05) is 48.0 Å². The zero-order valence-corrected chi connectivity index (χ0v) is 22.2. The second-order valence-corrected chi connectivity index (χ2v) is 13.9. The smallest absolute Gasteiger partial charge is 0.0648 e. The molecule has 10 atom stereocenters. The predicted molar refractivity (Wildman–Crippen MR) is 134 cm³/mol. The van der Waals surface area contributed by atoms with E-state index in [4.69, 9.17) is 0 Å². The number of fused-ring (bicyclic) bond motifs is 5. The van der Waals surface area contributed by atoms with Crippen molar-refractivity contribution in [1.82, 2.24) is 0 Å². The van der Waals surface area contributed by atoms with Crippen molar-refractivity contribution in [2.45, 2.75) is 137 Å². The summed E-state index contributed by atoms with van der Waals surface area (Å²) in [5.41, 5.74) is 0.585. The minimum absolute atomic E-state index is 0.135. The van der Waals surface area contributed by atoms with E-state index >= 15 is 0 Å². The van der Waals surface area contributed by atoms with Crippen LogP contribution in [-0.4, -0.2) is 21.9 Å². The van der Waals surface area contributed by atoms with Crippen LogP contribution in [-0.2, 0) is 0 Å². The summed E-state index contributed by atoms with van der Waals surface area (Å²) in [6.07, 6.45) is 16.2. The van der Waals surface area contributed by atoms with E-state index < -0.39 is 0 Å². The molecule has 0 bridgehead atoms. The fourth-order valence-corrected chi connectivity index (χ4v) is 9.79. The number of aliphatic hydroxyl groups is 2. The standard InChI is InChI=1S/C30H54O2/c1-7-30(32)18-17-28(5)22(19-30)12-13-23-25-10-8-9-24(29(25,6)16-15-26(23)28)21(4)11-14-27(31)20(2)3/h20-27,31-32H,7-19H2,1-6H3/t21-,22+,23+,24-,25+,26+,27-,28+,29-,30+/m1/s1. The van der Waals surface area contributed by atoms with Gasteiger partial charge in [-0.05, 0) is 129 Å². The molecule has 0 aliphatic heterocycles. The van der Waals surface area contributed by atoms with Gasteiger partial charge in [0, 0.05) is 0 Å². The molecule has 0 heterocycles. The highest BCUT2D eigenvalue weighted by Crippen LogP contribution is 2.68. The Labute approximate surface area is 199 Å². The van der Waals surface area contributed by atoms with Crippen molar-refractivity contribution >= 4 is 0 Å². The lowest BCUT2D eigenvalue weighted by Crippen LogP contribution is -2.58. The van der Waals surface area contributed by atoms with Crippen LogP contribution >= 0.6 is 0 Å². The van der Waals surface area contributed by atoms with Gasteiger partial charge < -0.3 is 10.2 Å². The second-order valence-electron chi connectivity index (χ2n) is 13.9. The van der Waals surface area contributed by atoms with Gasteiger partial charge in [0.05, 0.1) is 11.7 Å². The van der Waals surface area contributed by atoms with E-state index in [1.165, 1.54) is 57.8 Å². The van der Waals surface area contributed by atoms with E-state index in [9.17, 15) is 10.2 Å². The topological polar surface area (TPSA) is 40.5 Å². The molecule has 0 aromatic heterocycles.